The molecule has 144 heavy (non-hydrogen) atoms. The third kappa shape index (κ3) is 45.3. The van der Waals surface area contributed by atoms with E-state index in [0.29, 0.717) is 82.8 Å². The molecule has 804 valence electrons. The number of alkyl halides is 5. The summed E-state index contributed by atoms with van der Waals surface area (Å²) in [5, 5.41) is 22.4. The first kappa shape index (κ1) is 130. The molecule has 3 aliphatic rings. The molecule has 5 aromatic carbocycles. The lowest BCUT2D eigenvalue weighted by atomic mass is 10.0. The summed E-state index contributed by atoms with van der Waals surface area (Å²) in [5.41, 5.74) is 19.7. The van der Waals surface area contributed by atoms with E-state index in [9.17, 15) is 62.3 Å². The van der Waals surface area contributed by atoms with E-state index in [0.717, 1.165) is 163 Å². The minimum Gasteiger partial charge on any atom is -0.444 e. The van der Waals surface area contributed by atoms with Gasteiger partial charge < -0.3 is 60.4 Å². The summed E-state index contributed by atoms with van der Waals surface area (Å²) >= 11 is 19.3. The van der Waals surface area contributed by atoms with Crippen molar-refractivity contribution < 1.29 is 86.2 Å². The molecule has 3 fully saturated rings. The molecule has 0 aliphatic carbocycles. The molecule has 0 radical (unpaired) electrons. The summed E-state index contributed by atoms with van der Waals surface area (Å²) in [6, 6.07) is 30.9. The van der Waals surface area contributed by atoms with E-state index < -0.39 is 77.1 Å². The maximum Gasteiger partial charge on any atom is 0.407 e. The molecule has 3 saturated heterocycles. The zero-order valence-corrected chi connectivity index (χ0v) is 91.5. The van der Waals surface area contributed by atoms with Gasteiger partial charge in [0, 0.05) is 109 Å². The van der Waals surface area contributed by atoms with Gasteiger partial charge in [-0.2, -0.15) is 0 Å². The molecule has 0 spiro atoms. The number of aryl methyl sites for hydroxylation is 7. The number of alkyl carbamates (subject to hydrolysis) is 2. The number of benzene rings is 5. The quantitative estimate of drug-likeness (QED) is 0.00997. The number of piperidine rings is 3. The van der Waals surface area contributed by atoms with Crippen molar-refractivity contribution in [3.8, 4) is 0 Å². The van der Waals surface area contributed by atoms with Gasteiger partial charge in [0.2, 0.25) is 47.3 Å². The second-order valence-corrected chi connectivity index (χ2v) is 49.8. The second kappa shape index (κ2) is 65.3. The van der Waals surface area contributed by atoms with E-state index in [1.165, 1.54) is 32.1 Å². The smallest absolute Gasteiger partial charge is 0.407 e. The average molecular weight is 2400 g/mol. The van der Waals surface area contributed by atoms with Gasteiger partial charge in [0.1, 0.15) is 29.3 Å². The zero-order valence-electron chi connectivity index (χ0n) is 82.0. The summed E-state index contributed by atoms with van der Waals surface area (Å²) in [5.74, 6) is -3.01. The predicted octanol–water partition coefficient (Wildman–Crippen LogP) is 18.2. The number of imide groups is 3. The highest BCUT2D eigenvalue weighted by molar-refractivity contribution is 9.52. The summed E-state index contributed by atoms with van der Waals surface area (Å²) in [6.07, 6.45) is 16.4. The van der Waals surface area contributed by atoms with E-state index >= 15 is 0 Å². The van der Waals surface area contributed by atoms with Gasteiger partial charge in [-0.15, -0.1) is 0 Å². The molecular weight excluding hydrogens is 2250 g/mol. The van der Waals surface area contributed by atoms with Crippen molar-refractivity contribution >= 4 is 188 Å². The highest BCUT2D eigenvalue weighted by atomic mass is 80.0. The number of imidazole rings is 3. The molecule has 3 aliphatic heterocycles. The van der Waals surface area contributed by atoms with Crippen LogP contribution in [0.15, 0.2) is 122 Å². The van der Waals surface area contributed by atoms with E-state index in [4.69, 9.17) is 49.7 Å². The van der Waals surface area contributed by atoms with E-state index in [1.807, 2.05) is 92.7 Å². The third-order valence-electron chi connectivity index (χ3n) is 23.3. The highest BCUT2D eigenvalue weighted by Crippen LogP contribution is 2.40. The van der Waals surface area contributed by atoms with Crippen molar-refractivity contribution in [3.63, 3.8) is 0 Å². The molecule has 34 nitrogen and oxygen atoms in total. The van der Waals surface area contributed by atoms with Crippen molar-refractivity contribution in [2.45, 2.75) is 320 Å². The summed E-state index contributed by atoms with van der Waals surface area (Å²) < 4.78 is 49.7. The molecule has 0 bridgehead atoms. The fourth-order valence-corrected chi connectivity index (χ4v) is 16.6. The number of hydrogen-bond acceptors (Lipinski definition) is 21. The first-order valence-corrected chi connectivity index (χ1v) is 52.8. The number of carbonyl (C=O) groups excluding carboxylic acids is 10. The molecule has 40 heteroatoms. The number of unbranched alkanes of at least 4 members (excludes halogenated alkanes) is 6. The van der Waals surface area contributed by atoms with Crippen LogP contribution in [-0.4, -0.2) is 180 Å². The largest absolute Gasteiger partial charge is 0.444 e. The Balaban J connectivity index is 0.000000502. The van der Waals surface area contributed by atoms with Gasteiger partial charge in [0.05, 0.1) is 70.6 Å². The van der Waals surface area contributed by atoms with Gasteiger partial charge in [-0.05, 0) is 323 Å². The number of amides is 10. The molecule has 10 amide bonds. The van der Waals surface area contributed by atoms with Gasteiger partial charge in [-0.3, -0.25) is 81.7 Å². The monoisotopic (exact) mass is 2400 g/mol. The lowest BCUT2D eigenvalue weighted by Crippen LogP contribution is -2.45. The Morgan fingerprint density at radius 3 is 1.00 bits per heavy atom. The van der Waals surface area contributed by atoms with Crippen molar-refractivity contribution in [2.24, 2.45) is 32.6 Å². The molecule has 3 aromatic heterocycles. The number of halogens is 6. The number of hydrogen-bond donors (Lipinski definition) is 8. The number of nitrogens with zero attached hydrogens (tertiary/aromatic N) is 6. The Bertz CT molecular complexity index is 5420. The van der Waals surface area contributed by atoms with Crippen LogP contribution in [0.1, 0.15) is 278 Å². The molecular formula is C104H155Br6N13O21. The van der Waals surface area contributed by atoms with E-state index in [1.54, 1.807) is 76.4 Å². The number of nitrogens with two attached hydrogens (primary N) is 2. The summed E-state index contributed by atoms with van der Waals surface area (Å²) in [7, 11) is 5.12. The van der Waals surface area contributed by atoms with Crippen molar-refractivity contribution in [2.75, 3.05) is 51.6 Å². The number of ether oxygens (including phenoxy) is 7. The van der Waals surface area contributed by atoms with Crippen LogP contribution < -0.4 is 55.1 Å². The van der Waals surface area contributed by atoms with Crippen LogP contribution in [0.2, 0.25) is 0 Å². The minimum absolute atomic E-state index is 0. The second-order valence-electron chi connectivity index (χ2n) is 36.9. The standard InChI is InChI=1S/C39H55N5O8.C21H28BrN3O4.C21H29N3O5.C18H27BrN2O4.CBr4.4CH4/c1-26(30(17-20-34(40)45)41-37(48)52-39(2,3)4)51-25-29-14-12-27(13-15-29)10-7-6-8-22-50-23-9-11-28-16-18-31-33(24-28)43(5)38(49)44(31)32-19-21-35(46)42-36(32)47;1-24-18-14-15(6-5-13-29-12-4-2-3-11-22)7-8-16(18)25(21(24)28)17-9-10-19(26)23-20(17)27;1-23-18-14-15(6-5-13-29-12-4-2-3-11-25)7-8-16(18)24(21(23)28)17-9-10-19(26)22-20(17)27;1-12(24-11-13-5-7-14(19)8-6-13)15(9-10-16(20)22)21-17(23)25-18(2,3)4;2-1(3,4)5;;;;/h12-16,18,24,26,30,32H,6-11,17,19-23,25H2,1-5H3,(H2,40,45)(H,41,48)(H,42,46,47);7-8,14,17H,2-6,9-13H2,1H3,(H,23,26,27);7-8,14,17,25H,2-6,9-13H2,1H3,(H,22,26,27);5-8,12,15H,9-11H2,1-4H3,(H2,20,22)(H,21,23);;4*1H4/t26-,30+,32?;;;12-,15+;;;;;/m1..1...../s1. The Hall–Kier alpha value is -8.55. The first-order valence-electron chi connectivity index (χ1n) is 47.7. The number of aliphatic hydroxyl groups excluding tert-OH is 1. The van der Waals surface area contributed by atoms with Crippen LogP contribution in [0.3, 0.4) is 0 Å². The third-order valence-corrected chi connectivity index (χ3v) is 24.4. The molecule has 11 rings (SSSR count). The number of aliphatic hydroxyl groups is 1. The summed E-state index contributed by atoms with van der Waals surface area (Å²) in [6.45, 7) is 19.7. The van der Waals surface area contributed by atoms with E-state index in [2.05, 4.69) is 146 Å². The average Bonchev–Trinajstić information content (AvgIpc) is 1.62. The number of fused-ring (bicyclic) bond motifs is 3. The number of rotatable bonds is 47. The molecule has 7 atom stereocenters. The minimum atomic E-state index is -0.687. The number of aromatic nitrogens is 6. The lowest BCUT2D eigenvalue weighted by Gasteiger charge is -2.27. The lowest BCUT2D eigenvalue weighted by molar-refractivity contribution is -0.137. The van der Waals surface area contributed by atoms with Crippen LogP contribution in [0, 0.1) is 0 Å². The molecule has 6 heterocycles. The maximum absolute atomic E-state index is 13.0. The Morgan fingerprint density at radius 2 is 0.701 bits per heavy atom. The predicted molar refractivity (Wildman–Crippen MR) is 587 cm³/mol. The molecule has 3 unspecified atom stereocenters. The van der Waals surface area contributed by atoms with Gasteiger partial charge in [0.25, 0.3) is 0 Å². The van der Waals surface area contributed by atoms with E-state index in [-0.39, 0.29) is 123 Å². The first-order chi connectivity index (χ1) is 66.3. The highest BCUT2D eigenvalue weighted by Gasteiger charge is 2.36. The van der Waals surface area contributed by atoms with Crippen LogP contribution in [0.5, 0.6) is 0 Å². The fourth-order valence-electron chi connectivity index (χ4n) is 15.9. The maximum atomic E-state index is 13.0. The summed E-state index contributed by atoms with van der Waals surface area (Å²) in [4.78, 5) is 157. The SMILES string of the molecule is BrC(Br)(Br)Br.C.C.C.C.C[C@@H](OCc1ccc(Br)cc1)[C@H](CCC(N)=O)NC(=O)OC(C)(C)C.C[C@@H](OCc1ccc(CCCCCOCCCc2ccc3c(c2)n(C)c(=O)n3C2CCC(=O)NC2=O)cc1)[C@H](CCC(N)=O)NC(=O)OC(C)(C)C.Cn1c(=O)n(C2CCC(=O)NC2=O)c2ccc(CCCOCCCCCBr)cc21.Cn1c(=O)n(C2CCC(=O)NC2=O)c2ccc(CCCOCCCCCO)cc21. The number of carbonyl (C=O) groups is 10. The van der Waals surface area contributed by atoms with Crippen LogP contribution in [0.25, 0.3) is 33.1 Å². The van der Waals surface area contributed by atoms with Crippen molar-refractivity contribution in [1.29, 1.82) is 0 Å². The number of primary amides is 2. The normalized spacial score (nSPS) is 15.5. The molecule has 8 aromatic rings. The Labute approximate surface area is 898 Å². The van der Waals surface area contributed by atoms with Gasteiger partial charge in [-0.1, -0.05) is 129 Å². The fraction of sp³-hybridized carbons (Fsp3) is 0.587. The topological polar surface area (TPSA) is 449 Å². The van der Waals surface area contributed by atoms with Crippen LogP contribution in [-0.2, 0) is 132 Å². The molecule has 0 saturated carbocycles. The van der Waals surface area contributed by atoms with Crippen LogP contribution in [0.4, 0.5) is 9.59 Å². The number of nitrogens with one attached hydrogen (secondary N) is 5. The molecule has 10 N–H and O–H groups in total. The Morgan fingerprint density at radius 1 is 0.417 bits per heavy atom. The zero-order chi connectivity index (χ0) is 103. The van der Waals surface area contributed by atoms with Crippen molar-refractivity contribution in [1.82, 2.24) is 54.0 Å². The van der Waals surface area contributed by atoms with Crippen LogP contribution >= 0.6 is 95.6 Å². The van der Waals surface area contributed by atoms with Gasteiger partial charge >= 0.3 is 29.3 Å². The van der Waals surface area contributed by atoms with Crippen molar-refractivity contribution in [3.05, 3.63) is 172 Å². The Kier molecular flexibility index (Phi) is 58.8. The van der Waals surface area contributed by atoms with Gasteiger partial charge in [-0.25, -0.2) is 24.0 Å². The van der Waals surface area contributed by atoms with Gasteiger partial charge in [0.15, 0.2) is 1.05 Å².